The Morgan fingerprint density at radius 1 is 1.58 bits per heavy atom. The van der Waals surface area contributed by atoms with E-state index >= 15 is 0 Å². The van der Waals surface area contributed by atoms with Crippen molar-refractivity contribution in [3.63, 3.8) is 0 Å². The first-order valence-electron chi connectivity index (χ1n) is 6.91. The molecule has 19 heavy (non-hydrogen) atoms. The van der Waals surface area contributed by atoms with Crippen LogP contribution < -0.4 is 4.90 Å². The predicted molar refractivity (Wildman–Crippen MR) is 73.3 cm³/mol. The Bertz CT molecular complexity index is 450. The van der Waals surface area contributed by atoms with Crippen LogP contribution in [0.2, 0.25) is 0 Å². The summed E-state index contributed by atoms with van der Waals surface area (Å²) in [6.07, 6.45) is 4.28. The Morgan fingerprint density at radius 3 is 3.05 bits per heavy atom. The molecule has 0 spiro atoms. The number of anilines is 1. The zero-order valence-corrected chi connectivity index (χ0v) is 11.5. The minimum Gasteiger partial charge on any atom is -0.481 e. The van der Waals surface area contributed by atoms with Crippen molar-refractivity contribution in [3.05, 3.63) is 18.1 Å². The highest BCUT2D eigenvalue weighted by molar-refractivity contribution is 5.71. The summed E-state index contributed by atoms with van der Waals surface area (Å²) >= 11 is 0. The minimum atomic E-state index is -0.707. The van der Waals surface area contributed by atoms with Gasteiger partial charge in [-0.2, -0.15) is 0 Å². The monoisotopic (exact) mass is 263 g/mol. The van der Waals surface area contributed by atoms with Gasteiger partial charge in [0.1, 0.15) is 12.1 Å². The Kier molecular flexibility index (Phi) is 4.35. The van der Waals surface area contributed by atoms with Crippen LogP contribution in [0, 0.1) is 5.92 Å². The van der Waals surface area contributed by atoms with E-state index in [1.807, 2.05) is 6.07 Å². The summed E-state index contributed by atoms with van der Waals surface area (Å²) in [5.74, 6) is 0.273. The third-order valence-electron chi connectivity index (χ3n) is 3.89. The smallest absolute Gasteiger partial charge is 0.308 e. The Hall–Kier alpha value is -1.65. The van der Waals surface area contributed by atoms with E-state index in [2.05, 4.69) is 28.7 Å². The zero-order valence-electron chi connectivity index (χ0n) is 11.5. The van der Waals surface area contributed by atoms with Crippen LogP contribution in [0.25, 0.3) is 0 Å². The minimum absolute atomic E-state index is 0.282. The van der Waals surface area contributed by atoms with Crippen LogP contribution in [0.1, 0.15) is 44.7 Å². The third-order valence-corrected chi connectivity index (χ3v) is 3.89. The topological polar surface area (TPSA) is 66.3 Å². The lowest BCUT2D eigenvalue weighted by atomic mass is 9.98. The largest absolute Gasteiger partial charge is 0.481 e. The predicted octanol–water partition coefficient (Wildman–Crippen LogP) is 2.29. The maximum absolute atomic E-state index is 11.1. The van der Waals surface area contributed by atoms with E-state index in [1.54, 1.807) is 6.33 Å². The van der Waals surface area contributed by atoms with Crippen LogP contribution in [0.3, 0.4) is 0 Å². The van der Waals surface area contributed by atoms with Crippen molar-refractivity contribution >= 4 is 11.8 Å². The lowest BCUT2D eigenvalue weighted by molar-refractivity contribution is -0.141. The average Bonchev–Trinajstić information content (AvgIpc) is 2.46. The van der Waals surface area contributed by atoms with Gasteiger partial charge in [0.2, 0.25) is 0 Å². The highest BCUT2D eigenvalue weighted by Gasteiger charge is 2.26. The number of carboxylic acids is 1. The fourth-order valence-electron chi connectivity index (χ4n) is 2.40. The van der Waals surface area contributed by atoms with E-state index in [-0.39, 0.29) is 5.92 Å². The molecule has 0 bridgehead atoms. The van der Waals surface area contributed by atoms with E-state index < -0.39 is 5.97 Å². The summed E-state index contributed by atoms with van der Waals surface area (Å²) in [5.41, 5.74) is 1.03. The third kappa shape index (κ3) is 3.22. The first-order valence-corrected chi connectivity index (χ1v) is 6.91. The number of carboxylic acid groups (broad SMARTS) is 1. The molecule has 1 fully saturated rings. The second kappa shape index (κ2) is 5.99. The average molecular weight is 263 g/mol. The lowest BCUT2D eigenvalue weighted by Gasteiger charge is -2.31. The molecule has 104 valence electrons. The van der Waals surface area contributed by atoms with Gasteiger partial charge >= 0.3 is 5.97 Å². The van der Waals surface area contributed by atoms with Crippen LogP contribution in [0.4, 0.5) is 5.82 Å². The Labute approximate surface area is 113 Å². The van der Waals surface area contributed by atoms with Gasteiger partial charge in [-0.15, -0.1) is 0 Å². The summed E-state index contributed by atoms with van der Waals surface area (Å²) < 4.78 is 0. The molecule has 2 rings (SSSR count). The fraction of sp³-hybridized carbons (Fsp3) is 0.643. The van der Waals surface area contributed by atoms with Crippen molar-refractivity contribution < 1.29 is 9.90 Å². The van der Waals surface area contributed by atoms with Crippen LogP contribution in [-0.4, -0.2) is 34.1 Å². The first-order chi connectivity index (χ1) is 9.11. The molecular formula is C14H21N3O2. The quantitative estimate of drug-likeness (QED) is 0.902. The van der Waals surface area contributed by atoms with Crippen LogP contribution in [0.15, 0.2) is 12.4 Å². The molecule has 0 aliphatic carbocycles. The van der Waals surface area contributed by atoms with Gasteiger partial charge in [0.15, 0.2) is 0 Å². The summed E-state index contributed by atoms with van der Waals surface area (Å²) in [7, 11) is 0. The first kappa shape index (κ1) is 13.8. The Balaban J connectivity index is 2.15. The van der Waals surface area contributed by atoms with Gasteiger partial charge in [-0.3, -0.25) is 4.79 Å². The van der Waals surface area contributed by atoms with Gasteiger partial charge < -0.3 is 10.0 Å². The number of rotatable bonds is 4. The summed E-state index contributed by atoms with van der Waals surface area (Å²) in [4.78, 5) is 21.8. The number of hydrogen-bond donors (Lipinski definition) is 1. The van der Waals surface area contributed by atoms with Crippen molar-refractivity contribution in [1.29, 1.82) is 0 Å². The fourth-order valence-corrected chi connectivity index (χ4v) is 2.40. The van der Waals surface area contributed by atoms with Gasteiger partial charge in [0.05, 0.1) is 5.92 Å². The number of aromatic nitrogens is 2. The molecule has 0 amide bonds. The van der Waals surface area contributed by atoms with E-state index in [9.17, 15) is 4.79 Å². The van der Waals surface area contributed by atoms with Crippen molar-refractivity contribution in [1.82, 2.24) is 9.97 Å². The highest BCUT2D eigenvalue weighted by atomic mass is 16.4. The summed E-state index contributed by atoms with van der Waals surface area (Å²) in [5, 5.41) is 9.12. The number of nitrogens with zero attached hydrogens (tertiary/aromatic N) is 3. The van der Waals surface area contributed by atoms with E-state index in [1.165, 1.54) is 0 Å². The second-order valence-electron chi connectivity index (χ2n) is 5.23. The highest BCUT2D eigenvalue weighted by Crippen LogP contribution is 2.24. The molecule has 5 heteroatoms. The van der Waals surface area contributed by atoms with Crippen molar-refractivity contribution in [2.45, 2.75) is 39.0 Å². The molecule has 5 nitrogen and oxygen atoms in total. The van der Waals surface area contributed by atoms with Crippen molar-refractivity contribution in [2.75, 3.05) is 18.0 Å². The molecule has 1 aliphatic heterocycles. The van der Waals surface area contributed by atoms with Gasteiger partial charge in [-0.05, 0) is 25.2 Å². The van der Waals surface area contributed by atoms with Gasteiger partial charge in [0.25, 0.3) is 0 Å². The molecule has 0 aromatic carbocycles. The SMILES string of the molecule is CCC(C)c1cc(N2CCCC(C(=O)O)C2)ncn1. The standard InChI is InChI=1S/C14H21N3O2/c1-3-10(2)12-7-13(16-9-15-12)17-6-4-5-11(8-17)14(18)19/h7,9-11H,3-6,8H2,1-2H3,(H,18,19). The van der Waals surface area contributed by atoms with E-state index in [0.717, 1.165) is 37.3 Å². The van der Waals surface area contributed by atoms with Crippen molar-refractivity contribution in [2.24, 2.45) is 5.92 Å². The number of hydrogen-bond acceptors (Lipinski definition) is 4. The molecule has 1 aliphatic rings. The summed E-state index contributed by atoms with van der Waals surface area (Å²) in [6.45, 7) is 5.70. The zero-order chi connectivity index (χ0) is 13.8. The molecule has 1 aromatic rings. The maximum atomic E-state index is 11.1. The maximum Gasteiger partial charge on any atom is 0.308 e. The van der Waals surface area contributed by atoms with Crippen LogP contribution >= 0.6 is 0 Å². The molecule has 1 aromatic heterocycles. The van der Waals surface area contributed by atoms with Crippen LogP contribution in [0.5, 0.6) is 0 Å². The molecule has 1 N–H and O–H groups in total. The molecule has 2 heterocycles. The number of carbonyl (C=O) groups is 1. The Morgan fingerprint density at radius 2 is 2.37 bits per heavy atom. The molecule has 1 saturated heterocycles. The molecule has 0 saturated carbocycles. The van der Waals surface area contributed by atoms with Gasteiger partial charge in [-0.1, -0.05) is 13.8 Å². The molecule has 2 unspecified atom stereocenters. The molecular weight excluding hydrogens is 242 g/mol. The van der Waals surface area contributed by atoms with E-state index in [0.29, 0.717) is 12.5 Å². The normalized spacial score (nSPS) is 21.2. The van der Waals surface area contributed by atoms with Gasteiger partial charge in [-0.25, -0.2) is 9.97 Å². The van der Waals surface area contributed by atoms with E-state index in [4.69, 9.17) is 5.11 Å². The number of piperidine rings is 1. The van der Waals surface area contributed by atoms with Crippen LogP contribution in [-0.2, 0) is 4.79 Å². The lowest BCUT2D eigenvalue weighted by Crippen LogP contribution is -2.39. The summed E-state index contributed by atoms with van der Waals surface area (Å²) in [6, 6.07) is 2.00. The molecule has 0 radical (unpaired) electrons. The van der Waals surface area contributed by atoms with Crippen molar-refractivity contribution in [3.8, 4) is 0 Å². The van der Waals surface area contributed by atoms with Gasteiger partial charge in [0, 0.05) is 24.8 Å². The number of aliphatic carboxylic acids is 1. The second-order valence-corrected chi connectivity index (χ2v) is 5.23. The molecule has 2 atom stereocenters.